The molecule has 0 radical (unpaired) electrons. The highest BCUT2D eigenvalue weighted by atomic mass is 32.1. The fraction of sp³-hybridized carbons (Fsp3) is 0.167. The van der Waals surface area contributed by atoms with Crippen molar-refractivity contribution in [3.8, 4) is 0 Å². The molecule has 0 saturated carbocycles. The first kappa shape index (κ1) is 11.8. The highest BCUT2D eigenvalue weighted by molar-refractivity contribution is 6.99. The molecule has 0 saturated heterocycles. The van der Waals surface area contributed by atoms with Gasteiger partial charge in [0, 0.05) is 12.2 Å². The van der Waals surface area contributed by atoms with Crippen molar-refractivity contribution in [1.82, 2.24) is 8.75 Å². The number of aromatic nitrogens is 2. The molecule has 1 aliphatic rings. The first-order valence-electron chi connectivity index (χ1n) is 5.59. The zero-order valence-electron chi connectivity index (χ0n) is 9.68. The van der Waals surface area contributed by atoms with Crippen LogP contribution in [0.4, 0.5) is 5.69 Å². The second-order valence-corrected chi connectivity index (χ2v) is 4.71. The van der Waals surface area contributed by atoms with Gasteiger partial charge in [0.1, 0.15) is 5.92 Å². The van der Waals surface area contributed by atoms with Crippen molar-refractivity contribution in [3.63, 3.8) is 0 Å². The summed E-state index contributed by atoms with van der Waals surface area (Å²) in [5.74, 6) is -1.93. The lowest BCUT2D eigenvalue weighted by Gasteiger charge is -2.15. The summed E-state index contributed by atoms with van der Waals surface area (Å²) in [6.45, 7) is 0.130. The van der Waals surface area contributed by atoms with Gasteiger partial charge in [-0.2, -0.15) is 8.75 Å². The van der Waals surface area contributed by atoms with Gasteiger partial charge in [-0.3, -0.25) is 9.59 Å². The number of benzene rings is 1. The number of anilines is 1. The SMILES string of the molecule is O=C(O)[C@H]1CN(C(=O)c2cnsn2)c2ccccc21. The predicted molar refractivity (Wildman–Crippen MR) is 68.4 cm³/mol. The van der Waals surface area contributed by atoms with Gasteiger partial charge in [-0.15, -0.1) is 0 Å². The van der Waals surface area contributed by atoms with Gasteiger partial charge in [-0.1, -0.05) is 18.2 Å². The van der Waals surface area contributed by atoms with E-state index in [1.807, 2.05) is 0 Å². The third kappa shape index (κ3) is 1.88. The number of carboxylic acid groups (broad SMARTS) is 1. The van der Waals surface area contributed by atoms with Crippen LogP contribution in [0.5, 0.6) is 0 Å². The molecule has 0 spiro atoms. The van der Waals surface area contributed by atoms with Crippen LogP contribution in [0.25, 0.3) is 0 Å². The molecule has 2 heterocycles. The molecule has 1 N–H and O–H groups in total. The third-order valence-corrected chi connectivity index (χ3v) is 3.57. The second-order valence-electron chi connectivity index (χ2n) is 4.16. The lowest BCUT2D eigenvalue weighted by atomic mass is 10.0. The molecule has 1 atom stereocenters. The quantitative estimate of drug-likeness (QED) is 0.894. The van der Waals surface area contributed by atoms with Crippen LogP contribution >= 0.6 is 11.7 Å². The smallest absolute Gasteiger partial charge is 0.312 e. The summed E-state index contributed by atoms with van der Waals surface area (Å²) in [5, 5.41) is 9.23. The maximum atomic E-state index is 12.3. The molecule has 0 aliphatic carbocycles. The molecular formula is C12H9N3O3S. The molecule has 0 unspecified atom stereocenters. The predicted octanol–water partition coefficient (Wildman–Crippen LogP) is 1.37. The van der Waals surface area contributed by atoms with Gasteiger partial charge in [0.25, 0.3) is 5.91 Å². The lowest BCUT2D eigenvalue weighted by Crippen LogP contribution is -2.31. The Morgan fingerprint density at radius 1 is 1.37 bits per heavy atom. The van der Waals surface area contributed by atoms with E-state index in [9.17, 15) is 14.7 Å². The number of para-hydroxylation sites is 1. The van der Waals surface area contributed by atoms with Crippen molar-refractivity contribution >= 4 is 29.3 Å². The van der Waals surface area contributed by atoms with Crippen LogP contribution < -0.4 is 4.90 Å². The maximum Gasteiger partial charge on any atom is 0.312 e. The minimum Gasteiger partial charge on any atom is -0.481 e. The number of rotatable bonds is 2. The average molecular weight is 275 g/mol. The lowest BCUT2D eigenvalue weighted by molar-refractivity contribution is -0.138. The van der Waals surface area contributed by atoms with Crippen molar-refractivity contribution in [2.24, 2.45) is 0 Å². The summed E-state index contributed by atoms with van der Waals surface area (Å²) in [7, 11) is 0. The maximum absolute atomic E-state index is 12.3. The van der Waals surface area contributed by atoms with Crippen molar-refractivity contribution in [1.29, 1.82) is 0 Å². The van der Waals surface area contributed by atoms with Crippen molar-refractivity contribution in [2.45, 2.75) is 5.92 Å². The van der Waals surface area contributed by atoms with Crippen LogP contribution in [0.2, 0.25) is 0 Å². The Kier molecular flexibility index (Phi) is 2.75. The van der Waals surface area contributed by atoms with E-state index in [4.69, 9.17) is 0 Å². The molecule has 6 nitrogen and oxygen atoms in total. The largest absolute Gasteiger partial charge is 0.481 e. The topological polar surface area (TPSA) is 83.4 Å². The van der Waals surface area contributed by atoms with Gasteiger partial charge in [0.05, 0.1) is 17.9 Å². The normalized spacial score (nSPS) is 17.3. The van der Waals surface area contributed by atoms with E-state index in [1.54, 1.807) is 24.3 Å². The molecular weight excluding hydrogens is 266 g/mol. The molecule has 1 aliphatic heterocycles. The van der Waals surface area contributed by atoms with Crippen LogP contribution in [0, 0.1) is 0 Å². The molecule has 0 bridgehead atoms. The molecule has 1 aromatic carbocycles. The van der Waals surface area contributed by atoms with Crippen LogP contribution in [0.3, 0.4) is 0 Å². The number of aliphatic carboxylic acids is 1. The Hall–Kier alpha value is -2.28. The highest BCUT2D eigenvalue weighted by Gasteiger charge is 2.37. The number of hydrogen-bond acceptors (Lipinski definition) is 5. The Bertz CT molecular complexity index is 641. The average Bonchev–Trinajstić information content (AvgIpc) is 3.05. The minimum absolute atomic E-state index is 0.130. The van der Waals surface area contributed by atoms with E-state index < -0.39 is 11.9 Å². The zero-order valence-corrected chi connectivity index (χ0v) is 10.5. The van der Waals surface area contributed by atoms with E-state index in [0.717, 1.165) is 11.7 Å². The number of amides is 1. The number of carbonyl (C=O) groups is 2. The van der Waals surface area contributed by atoms with E-state index in [-0.39, 0.29) is 18.1 Å². The monoisotopic (exact) mass is 275 g/mol. The zero-order chi connectivity index (χ0) is 13.4. The second kappa shape index (κ2) is 4.43. The summed E-state index contributed by atoms with van der Waals surface area (Å²) >= 11 is 0.951. The van der Waals surface area contributed by atoms with E-state index in [0.29, 0.717) is 11.3 Å². The van der Waals surface area contributed by atoms with Crippen LogP contribution in [-0.4, -0.2) is 32.3 Å². The number of nitrogens with zero attached hydrogens (tertiary/aromatic N) is 3. The van der Waals surface area contributed by atoms with Gasteiger partial charge < -0.3 is 10.0 Å². The summed E-state index contributed by atoms with van der Waals surface area (Å²) in [6.07, 6.45) is 1.39. The number of hydrogen-bond donors (Lipinski definition) is 1. The van der Waals surface area contributed by atoms with Crippen LogP contribution in [0.15, 0.2) is 30.5 Å². The van der Waals surface area contributed by atoms with Gasteiger partial charge in [-0.25, -0.2) is 0 Å². The first-order chi connectivity index (χ1) is 9.18. The molecule has 2 aromatic rings. The van der Waals surface area contributed by atoms with E-state index in [1.165, 1.54) is 11.1 Å². The number of fused-ring (bicyclic) bond motifs is 1. The Balaban J connectivity index is 2.01. The summed E-state index contributed by atoms with van der Waals surface area (Å²) in [5.41, 5.74) is 1.53. The van der Waals surface area contributed by atoms with Gasteiger partial charge in [0.2, 0.25) is 0 Å². The van der Waals surface area contributed by atoms with Crippen LogP contribution in [0.1, 0.15) is 22.0 Å². The third-order valence-electron chi connectivity index (χ3n) is 3.09. The van der Waals surface area contributed by atoms with Gasteiger partial charge >= 0.3 is 5.97 Å². The van der Waals surface area contributed by atoms with Crippen molar-refractivity contribution < 1.29 is 14.7 Å². The Morgan fingerprint density at radius 2 is 2.16 bits per heavy atom. The standard InChI is InChI=1S/C12H9N3O3S/c16-11(9-5-13-19-14-9)15-6-8(12(17)18)7-3-1-2-4-10(7)15/h1-5,8H,6H2,(H,17,18)/t8-/m0/s1. The van der Waals surface area contributed by atoms with Crippen molar-refractivity contribution in [3.05, 3.63) is 41.7 Å². The fourth-order valence-electron chi connectivity index (χ4n) is 2.21. The van der Waals surface area contributed by atoms with Crippen LogP contribution in [-0.2, 0) is 4.79 Å². The summed E-state index contributed by atoms with van der Waals surface area (Å²) in [6, 6.07) is 7.03. The highest BCUT2D eigenvalue weighted by Crippen LogP contribution is 2.36. The summed E-state index contributed by atoms with van der Waals surface area (Å²) < 4.78 is 7.69. The molecule has 3 rings (SSSR count). The minimum atomic E-state index is -0.931. The van der Waals surface area contributed by atoms with Gasteiger partial charge in [-0.05, 0) is 11.6 Å². The fourth-order valence-corrected chi connectivity index (χ4v) is 2.62. The van der Waals surface area contributed by atoms with Gasteiger partial charge in [0.15, 0.2) is 5.69 Å². The summed E-state index contributed by atoms with van der Waals surface area (Å²) in [4.78, 5) is 25.0. The molecule has 19 heavy (non-hydrogen) atoms. The Labute approximate surface area is 112 Å². The van der Waals surface area contributed by atoms with E-state index in [2.05, 4.69) is 8.75 Å². The molecule has 7 heteroatoms. The molecule has 1 aromatic heterocycles. The Morgan fingerprint density at radius 3 is 2.84 bits per heavy atom. The molecule has 1 amide bonds. The molecule has 96 valence electrons. The van der Waals surface area contributed by atoms with E-state index >= 15 is 0 Å². The first-order valence-corrected chi connectivity index (χ1v) is 6.32. The molecule has 0 fully saturated rings. The number of carbonyl (C=O) groups excluding carboxylic acids is 1. The number of carboxylic acids is 1. The van der Waals surface area contributed by atoms with Crippen molar-refractivity contribution in [2.75, 3.05) is 11.4 Å².